The van der Waals surface area contributed by atoms with Crippen molar-refractivity contribution < 1.29 is 9.53 Å². The van der Waals surface area contributed by atoms with Crippen LogP contribution < -0.4 is 4.74 Å². The molecule has 0 amide bonds. The summed E-state index contributed by atoms with van der Waals surface area (Å²) >= 11 is 5.82. The molecule has 0 fully saturated rings. The van der Waals surface area contributed by atoms with Gasteiger partial charge in [0.25, 0.3) is 0 Å². The monoisotopic (exact) mass is 298 g/mol. The highest BCUT2D eigenvalue weighted by molar-refractivity contribution is 6.30. The van der Waals surface area contributed by atoms with E-state index in [-0.39, 0.29) is 5.78 Å². The van der Waals surface area contributed by atoms with E-state index in [2.05, 4.69) is 6.58 Å². The minimum absolute atomic E-state index is 0.107. The van der Waals surface area contributed by atoms with Crippen LogP contribution in [0.2, 0.25) is 5.02 Å². The number of hydrogen-bond donors (Lipinski definition) is 0. The molecule has 0 atom stereocenters. The van der Waals surface area contributed by atoms with Gasteiger partial charge in [-0.1, -0.05) is 54.6 Å². The van der Waals surface area contributed by atoms with E-state index < -0.39 is 0 Å². The summed E-state index contributed by atoms with van der Waals surface area (Å²) in [5.74, 6) is 0.452. The minimum atomic E-state index is -0.107. The van der Waals surface area contributed by atoms with Gasteiger partial charge in [-0.15, -0.1) is 0 Å². The van der Waals surface area contributed by atoms with Gasteiger partial charge in [0.05, 0.1) is 5.56 Å². The predicted molar refractivity (Wildman–Crippen MR) is 87.0 cm³/mol. The zero-order valence-corrected chi connectivity index (χ0v) is 12.2. The topological polar surface area (TPSA) is 26.3 Å². The van der Waals surface area contributed by atoms with Crippen molar-refractivity contribution in [2.75, 3.05) is 6.61 Å². The van der Waals surface area contributed by atoms with Crippen molar-refractivity contribution in [2.45, 2.75) is 0 Å². The van der Waals surface area contributed by atoms with Gasteiger partial charge >= 0.3 is 0 Å². The van der Waals surface area contributed by atoms with Crippen LogP contribution in [-0.2, 0) is 0 Å². The average Bonchev–Trinajstić information content (AvgIpc) is 2.52. The molecule has 0 bridgehead atoms. The first-order valence-electron chi connectivity index (χ1n) is 6.51. The summed E-state index contributed by atoms with van der Waals surface area (Å²) in [5.41, 5.74) is 1.45. The van der Waals surface area contributed by atoms with Crippen LogP contribution in [-0.4, -0.2) is 12.4 Å². The van der Waals surface area contributed by atoms with Crippen LogP contribution in [0.15, 0.2) is 67.3 Å². The highest BCUT2D eigenvalue weighted by atomic mass is 35.5. The van der Waals surface area contributed by atoms with Crippen LogP contribution in [0.25, 0.3) is 6.08 Å². The Bertz CT molecular complexity index is 657. The summed E-state index contributed by atoms with van der Waals surface area (Å²) < 4.78 is 5.48. The maximum Gasteiger partial charge on any atom is 0.189 e. The molecule has 0 radical (unpaired) electrons. The number of para-hydroxylation sites is 1. The molecule has 0 unspecified atom stereocenters. The van der Waals surface area contributed by atoms with Crippen LogP contribution >= 0.6 is 11.6 Å². The van der Waals surface area contributed by atoms with Crippen molar-refractivity contribution in [2.24, 2.45) is 0 Å². The fourth-order valence-corrected chi connectivity index (χ4v) is 1.91. The molecular weight excluding hydrogens is 284 g/mol. The molecule has 2 nitrogen and oxygen atoms in total. The van der Waals surface area contributed by atoms with Gasteiger partial charge in [0, 0.05) is 5.02 Å². The van der Waals surface area contributed by atoms with E-state index in [0.29, 0.717) is 22.9 Å². The van der Waals surface area contributed by atoms with Gasteiger partial charge in [-0.2, -0.15) is 0 Å². The van der Waals surface area contributed by atoms with E-state index in [1.165, 1.54) is 6.08 Å². The van der Waals surface area contributed by atoms with Crippen molar-refractivity contribution >= 4 is 23.5 Å². The Hall–Kier alpha value is -2.32. The average molecular weight is 299 g/mol. The van der Waals surface area contributed by atoms with E-state index in [4.69, 9.17) is 16.3 Å². The molecule has 106 valence electrons. The smallest absolute Gasteiger partial charge is 0.189 e. The lowest BCUT2D eigenvalue weighted by Crippen LogP contribution is -2.01. The van der Waals surface area contributed by atoms with Crippen LogP contribution in [0.1, 0.15) is 15.9 Å². The predicted octanol–water partition coefficient (Wildman–Crippen LogP) is 4.80. The van der Waals surface area contributed by atoms with Gasteiger partial charge in [0.15, 0.2) is 5.78 Å². The lowest BCUT2D eigenvalue weighted by molar-refractivity contribution is 0.104. The first kappa shape index (κ1) is 15.1. The molecule has 0 N–H and O–H groups in total. The number of carbonyl (C=O) groups is 1. The number of benzene rings is 2. The Morgan fingerprint density at radius 3 is 2.57 bits per heavy atom. The first-order valence-corrected chi connectivity index (χ1v) is 6.89. The molecular formula is C18H15ClO2. The maximum absolute atomic E-state index is 12.3. The summed E-state index contributed by atoms with van der Waals surface area (Å²) in [6.07, 6.45) is 4.92. The zero-order chi connectivity index (χ0) is 15.1. The summed E-state index contributed by atoms with van der Waals surface area (Å²) in [6.45, 7) is 3.96. The number of ketones is 1. The summed E-state index contributed by atoms with van der Waals surface area (Å²) in [4.78, 5) is 12.3. The zero-order valence-electron chi connectivity index (χ0n) is 11.5. The van der Waals surface area contributed by atoms with E-state index in [1.807, 2.05) is 24.3 Å². The number of halogens is 1. The summed E-state index contributed by atoms with van der Waals surface area (Å²) in [5, 5.41) is 0.668. The van der Waals surface area contributed by atoms with Crippen molar-refractivity contribution in [3.63, 3.8) is 0 Å². The molecule has 0 spiro atoms. The molecule has 21 heavy (non-hydrogen) atoms. The van der Waals surface area contributed by atoms with Crippen molar-refractivity contribution in [1.29, 1.82) is 0 Å². The second-order valence-electron chi connectivity index (χ2n) is 4.34. The van der Waals surface area contributed by atoms with E-state index in [9.17, 15) is 4.79 Å². The third-order valence-corrected chi connectivity index (χ3v) is 3.06. The summed E-state index contributed by atoms with van der Waals surface area (Å²) in [7, 11) is 0. The molecule has 0 saturated heterocycles. The van der Waals surface area contributed by atoms with Gasteiger partial charge < -0.3 is 4.74 Å². The molecule has 2 rings (SSSR count). The highest BCUT2D eigenvalue weighted by Crippen LogP contribution is 2.19. The molecule has 0 aliphatic heterocycles. The van der Waals surface area contributed by atoms with Crippen molar-refractivity contribution in [1.82, 2.24) is 0 Å². The maximum atomic E-state index is 12.3. The molecule has 3 heteroatoms. The van der Waals surface area contributed by atoms with Gasteiger partial charge in [0.1, 0.15) is 12.4 Å². The number of carbonyl (C=O) groups excluding carboxylic acids is 1. The number of hydrogen-bond acceptors (Lipinski definition) is 2. The van der Waals surface area contributed by atoms with E-state index in [0.717, 1.165) is 5.56 Å². The van der Waals surface area contributed by atoms with Gasteiger partial charge in [-0.05, 0) is 35.9 Å². The van der Waals surface area contributed by atoms with Crippen LogP contribution in [0, 0.1) is 0 Å². The second kappa shape index (κ2) is 7.46. The van der Waals surface area contributed by atoms with Gasteiger partial charge in [0.2, 0.25) is 0 Å². The number of ether oxygens (including phenoxy) is 1. The van der Waals surface area contributed by atoms with Crippen molar-refractivity contribution in [3.05, 3.63) is 83.4 Å². The fourth-order valence-electron chi connectivity index (χ4n) is 1.78. The Kier molecular flexibility index (Phi) is 5.35. The Morgan fingerprint density at radius 2 is 1.86 bits per heavy atom. The minimum Gasteiger partial charge on any atom is -0.489 e. The third-order valence-electron chi connectivity index (χ3n) is 2.81. The fraction of sp³-hybridized carbons (Fsp3) is 0.0556. The lowest BCUT2D eigenvalue weighted by atomic mass is 10.1. The SMILES string of the molecule is C=CCOc1ccccc1C(=O)/C=C/c1ccc(Cl)cc1. The van der Waals surface area contributed by atoms with E-state index >= 15 is 0 Å². The number of allylic oxidation sites excluding steroid dienone is 1. The van der Waals surface area contributed by atoms with E-state index in [1.54, 1.807) is 36.4 Å². The van der Waals surface area contributed by atoms with Crippen molar-refractivity contribution in [3.8, 4) is 5.75 Å². The number of rotatable bonds is 6. The standard InChI is InChI=1S/C18H15ClO2/c1-2-13-21-18-6-4-3-5-16(18)17(20)12-9-14-7-10-15(19)11-8-14/h2-12H,1,13H2/b12-9+. The van der Waals surface area contributed by atoms with Crippen LogP contribution in [0.4, 0.5) is 0 Å². The molecule has 2 aromatic rings. The highest BCUT2D eigenvalue weighted by Gasteiger charge is 2.08. The van der Waals surface area contributed by atoms with Crippen LogP contribution in [0.5, 0.6) is 5.75 Å². The largest absolute Gasteiger partial charge is 0.489 e. The second-order valence-corrected chi connectivity index (χ2v) is 4.78. The Balaban J connectivity index is 2.16. The van der Waals surface area contributed by atoms with Gasteiger partial charge in [-0.25, -0.2) is 0 Å². The lowest BCUT2D eigenvalue weighted by Gasteiger charge is -2.07. The third kappa shape index (κ3) is 4.33. The molecule has 0 aromatic heterocycles. The molecule has 0 aliphatic carbocycles. The normalized spacial score (nSPS) is 10.5. The Morgan fingerprint density at radius 1 is 1.14 bits per heavy atom. The molecule has 0 saturated carbocycles. The van der Waals surface area contributed by atoms with Gasteiger partial charge in [-0.3, -0.25) is 4.79 Å². The summed E-state index contributed by atoms with van der Waals surface area (Å²) in [6, 6.07) is 14.4. The first-order chi connectivity index (χ1) is 10.2. The van der Waals surface area contributed by atoms with Crippen LogP contribution in [0.3, 0.4) is 0 Å². The molecule has 2 aromatic carbocycles. The quantitative estimate of drug-likeness (QED) is 0.435. The Labute approximate surface area is 129 Å². The molecule has 0 heterocycles. The molecule has 0 aliphatic rings.